The van der Waals surface area contributed by atoms with Crippen molar-refractivity contribution in [2.24, 2.45) is 5.84 Å². The molecule has 0 saturated carbocycles. The Kier molecular flexibility index (Phi) is 4.90. The number of carbonyl (C=O) groups excluding carboxylic acids is 1. The topological polar surface area (TPSA) is 55.1 Å². The van der Waals surface area contributed by atoms with Crippen LogP contribution in [0.3, 0.4) is 0 Å². The third-order valence-corrected chi connectivity index (χ3v) is 1.92. The lowest BCUT2D eigenvalue weighted by molar-refractivity contribution is 0.0953. The van der Waals surface area contributed by atoms with Gasteiger partial charge in [-0.3, -0.25) is 10.2 Å². The first-order valence-electron chi connectivity index (χ1n) is 3.11. The number of nitrogens with two attached hydrogens (primary N) is 1. The van der Waals surface area contributed by atoms with Crippen LogP contribution in [0.1, 0.15) is 10.4 Å². The SMILES string of the molecule is Cl.NNC(=O)c1ccc(F)c(Br)c1. The molecule has 0 bridgehead atoms. The number of hydrogen-bond donors (Lipinski definition) is 2. The van der Waals surface area contributed by atoms with E-state index in [0.29, 0.717) is 5.56 Å². The molecule has 0 radical (unpaired) electrons. The first kappa shape index (κ1) is 12.3. The Bertz CT molecular complexity index is 321. The molecule has 3 nitrogen and oxygen atoms in total. The molecule has 6 heteroatoms. The van der Waals surface area contributed by atoms with Crippen molar-refractivity contribution >= 4 is 34.2 Å². The van der Waals surface area contributed by atoms with Crippen LogP contribution >= 0.6 is 28.3 Å². The molecule has 1 amide bonds. The predicted octanol–water partition coefficient (Wildman–Crippen LogP) is 1.61. The molecule has 0 aliphatic rings. The summed E-state index contributed by atoms with van der Waals surface area (Å²) in [6, 6.07) is 3.90. The summed E-state index contributed by atoms with van der Waals surface area (Å²) in [6.07, 6.45) is 0. The summed E-state index contributed by atoms with van der Waals surface area (Å²) in [5, 5.41) is 0. The van der Waals surface area contributed by atoms with E-state index >= 15 is 0 Å². The quantitative estimate of drug-likeness (QED) is 0.462. The van der Waals surface area contributed by atoms with E-state index in [-0.39, 0.29) is 16.9 Å². The minimum absolute atomic E-state index is 0. The second kappa shape index (κ2) is 5.16. The zero-order valence-corrected chi connectivity index (χ0v) is 8.78. The maximum absolute atomic E-state index is 12.7. The van der Waals surface area contributed by atoms with Gasteiger partial charge in [-0.05, 0) is 34.1 Å². The van der Waals surface area contributed by atoms with Crippen LogP contribution in [0.2, 0.25) is 0 Å². The number of hydrazine groups is 1. The number of halogens is 3. The van der Waals surface area contributed by atoms with Crippen molar-refractivity contribution in [3.63, 3.8) is 0 Å². The van der Waals surface area contributed by atoms with E-state index < -0.39 is 11.7 Å². The van der Waals surface area contributed by atoms with Gasteiger partial charge in [0.05, 0.1) is 4.47 Å². The van der Waals surface area contributed by atoms with E-state index in [0.717, 1.165) is 0 Å². The normalized spacial score (nSPS) is 8.85. The van der Waals surface area contributed by atoms with Crippen molar-refractivity contribution in [2.45, 2.75) is 0 Å². The molecular formula is C7H7BrClFN2O. The Morgan fingerprint density at radius 1 is 1.54 bits per heavy atom. The van der Waals surface area contributed by atoms with Gasteiger partial charge >= 0.3 is 0 Å². The van der Waals surface area contributed by atoms with E-state index in [4.69, 9.17) is 5.84 Å². The molecule has 1 aromatic carbocycles. The van der Waals surface area contributed by atoms with Gasteiger partial charge in [-0.25, -0.2) is 10.2 Å². The molecular weight excluding hydrogens is 262 g/mol. The summed E-state index contributed by atoms with van der Waals surface area (Å²) in [5.41, 5.74) is 2.26. The second-order valence-electron chi connectivity index (χ2n) is 2.10. The average Bonchev–Trinajstić information content (AvgIpc) is 2.08. The van der Waals surface area contributed by atoms with Crippen LogP contribution in [-0.4, -0.2) is 5.91 Å². The van der Waals surface area contributed by atoms with Gasteiger partial charge in [-0.1, -0.05) is 0 Å². The Morgan fingerprint density at radius 2 is 2.15 bits per heavy atom. The number of nitrogen functional groups attached to an aromatic ring is 1. The van der Waals surface area contributed by atoms with E-state index in [1.54, 1.807) is 0 Å². The molecule has 1 aromatic rings. The summed E-state index contributed by atoms with van der Waals surface area (Å²) in [7, 11) is 0. The predicted molar refractivity (Wildman–Crippen MR) is 53.0 cm³/mol. The largest absolute Gasteiger partial charge is 0.290 e. The van der Waals surface area contributed by atoms with Gasteiger partial charge in [0, 0.05) is 5.56 Å². The fourth-order valence-corrected chi connectivity index (χ4v) is 1.10. The van der Waals surface area contributed by atoms with E-state index in [1.165, 1.54) is 18.2 Å². The smallest absolute Gasteiger partial charge is 0.265 e. The molecule has 0 atom stereocenters. The van der Waals surface area contributed by atoms with Crippen LogP contribution < -0.4 is 11.3 Å². The zero-order chi connectivity index (χ0) is 9.14. The van der Waals surface area contributed by atoms with Crippen LogP contribution in [0.15, 0.2) is 22.7 Å². The first-order valence-corrected chi connectivity index (χ1v) is 3.90. The highest BCUT2D eigenvalue weighted by atomic mass is 79.9. The summed E-state index contributed by atoms with van der Waals surface area (Å²) in [5.74, 6) is 4.02. The molecule has 72 valence electrons. The van der Waals surface area contributed by atoms with Crippen molar-refractivity contribution in [2.75, 3.05) is 0 Å². The van der Waals surface area contributed by atoms with Crippen molar-refractivity contribution in [1.82, 2.24) is 5.43 Å². The molecule has 1 rings (SSSR count). The number of amides is 1. The highest BCUT2D eigenvalue weighted by molar-refractivity contribution is 9.10. The molecule has 3 N–H and O–H groups in total. The van der Waals surface area contributed by atoms with Crippen LogP contribution in [0, 0.1) is 5.82 Å². The maximum atomic E-state index is 12.7. The number of benzene rings is 1. The van der Waals surface area contributed by atoms with Crippen LogP contribution in [0.5, 0.6) is 0 Å². The van der Waals surface area contributed by atoms with Crippen LogP contribution in [0.25, 0.3) is 0 Å². The molecule has 0 spiro atoms. The van der Waals surface area contributed by atoms with Gasteiger partial charge in [-0.2, -0.15) is 0 Å². The van der Waals surface area contributed by atoms with Gasteiger partial charge in [0.15, 0.2) is 0 Å². The Balaban J connectivity index is 0.00000144. The van der Waals surface area contributed by atoms with Crippen LogP contribution in [0.4, 0.5) is 4.39 Å². The van der Waals surface area contributed by atoms with Crippen molar-refractivity contribution in [3.8, 4) is 0 Å². The summed E-state index contributed by atoms with van der Waals surface area (Å²) < 4.78 is 12.9. The van der Waals surface area contributed by atoms with Gasteiger partial charge in [0.1, 0.15) is 5.82 Å². The first-order chi connectivity index (χ1) is 5.65. The lowest BCUT2D eigenvalue weighted by Crippen LogP contribution is -2.29. The van der Waals surface area contributed by atoms with Gasteiger partial charge in [-0.15, -0.1) is 12.4 Å². The monoisotopic (exact) mass is 268 g/mol. The third-order valence-electron chi connectivity index (χ3n) is 1.31. The van der Waals surface area contributed by atoms with Crippen LogP contribution in [-0.2, 0) is 0 Å². The summed E-state index contributed by atoms with van der Waals surface area (Å²) in [4.78, 5) is 10.9. The average molecular weight is 270 g/mol. The molecule has 0 fully saturated rings. The molecule has 0 heterocycles. The molecule has 0 unspecified atom stereocenters. The van der Waals surface area contributed by atoms with Gasteiger partial charge in [0.25, 0.3) is 5.91 Å². The molecule has 13 heavy (non-hydrogen) atoms. The molecule has 0 aliphatic heterocycles. The highest BCUT2D eigenvalue weighted by Crippen LogP contribution is 2.16. The highest BCUT2D eigenvalue weighted by Gasteiger charge is 2.05. The minimum Gasteiger partial charge on any atom is -0.290 e. The number of carbonyl (C=O) groups is 1. The third kappa shape index (κ3) is 2.95. The second-order valence-corrected chi connectivity index (χ2v) is 2.96. The molecule has 0 aromatic heterocycles. The standard InChI is InChI=1S/C7H6BrFN2O.ClH/c8-5-3-4(7(12)11-10)1-2-6(5)9;/h1-3H,10H2,(H,11,12);1H. The lowest BCUT2D eigenvalue weighted by atomic mass is 10.2. The van der Waals surface area contributed by atoms with Crippen molar-refractivity contribution < 1.29 is 9.18 Å². The summed E-state index contributed by atoms with van der Waals surface area (Å²) >= 11 is 2.95. The van der Waals surface area contributed by atoms with E-state index in [2.05, 4.69) is 15.9 Å². The zero-order valence-electron chi connectivity index (χ0n) is 6.38. The van der Waals surface area contributed by atoms with Crippen molar-refractivity contribution in [3.05, 3.63) is 34.1 Å². The number of rotatable bonds is 1. The Morgan fingerprint density at radius 3 is 2.62 bits per heavy atom. The molecule has 0 aliphatic carbocycles. The van der Waals surface area contributed by atoms with E-state index in [1.807, 2.05) is 5.43 Å². The molecule has 0 saturated heterocycles. The fraction of sp³-hybridized carbons (Fsp3) is 0. The fourth-order valence-electron chi connectivity index (χ4n) is 0.721. The Labute approximate surface area is 89.0 Å². The van der Waals surface area contributed by atoms with Gasteiger partial charge in [0.2, 0.25) is 0 Å². The number of hydrogen-bond acceptors (Lipinski definition) is 2. The van der Waals surface area contributed by atoms with E-state index in [9.17, 15) is 9.18 Å². The van der Waals surface area contributed by atoms with Gasteiger partial charge < -0.3 is 0 Å². The summed E-state index contributed by atoms with van der Waals surface area (Å²) in [6.45, 7) is 0. The Hall–Kier alpha value is -0.650. The lowest BCUT2D eigenvalue weighted by Gasteiger charge is -1.99. The van der Waals surface area contributed by atoms with Crippen molar-refractivity contribution in [1.29, 1.82) is 0 Å². The minimum atomic E-state index is -0.448. The maximum Gasteiger partial charge on any atom is 0.265 e. The number of nitrogens with one attached hydrogen (secondary N) is 1.